The van der Waals surface area contributed by atoms with Crippen molar-refractivity contribution in [1.29, 1.82) is 0 Å². The lowest BCUT2D eigenvalue weighted by Crippen LogP contribution is -1.92. The first-order chi connectivity index (χ1) is 7.11. The number of benzene rings is 2. The van der Waals surface area contributed by atoms with E-state index in [-0.39, 0.29) is 0 Å². The van der Waals surface area contributed by atoms with Gasteiger partial charge in [-0.15, -0.1) is 0 Å². The molecule has 0 fully saturated rings. The SMILES string of the molecule is CC(C)c1c(Cl)c(Cl)cc2ccccc12. The fourth-order valence-corrected chi connectivity index (χ4v) is 2.47. The van der Waals surface area contributed by atoms with Gasteiger partial charge in [-0.2, -0.15) is 0 Å². The number of rotatable bonds is 1. The molecule has 2 heteroatoms. The van der Waals surface area contributed by atoms with Crippen molar-refractivity contribution in [1.82, 2.24) is 0 Å². The predicted molar refractivity (Wildman–Crippen MR) is 68.1 cm³/mol. The van der Waals surface area contributed by atoms with E-state index >= 15 is 0 Å². The van der Waals surface area contributed by atoms with Gasteiger partial charge in [-0.25, -0.2) is 0 Å². The van der Waals surface area contributed by atoms with Crippen molar-refractivity contribution in [3.05, 3.63) is 45.9 Å². The standard InChI is InChI=1S/C13H12Cl2/c1-8(2)12-10-6-4-3-5-9(10)7-11(14)13(12)15/h3-8H,1-2H3. The summed E-state index contributed by atoms with van der Waals surface area (Å²) in [6, 6.07) is 10.1. The lowest BCUT2D eigenvalue weighted by atomic mass is 9.96. The molecule has 0 aliphatic heterocycles. The van der Waals surface area contributed by atoms with E-state index in [0.29, 0.717) is 16.0 Å². The van der Waals surface area contributed by atoms with Crippen LogP contribution in [-0.4, -0.2) is 0 Å². The second-order valence-corrected chi connectivity index (χ2v) is 4.75. The van der Waals surface area contributed by atoms with E-state index in [1.165, 1.54) is 5.39 Å². The molecule has 0 N–H and O–H groups in total. The molecule has 0 aromatic heterocycles. The van der Waals surface area contributed by atoms with Crippen molar-refractivity contribution in [2.75, 3.05) is 0 Å². The van der Waals surface area contributed by atoms with Gasteiger partial charge in [-0.3, -0.25) is 0 Å². The van der Waals surface area contributed by atoms with E-state index in [4.69, 9.17) is 23.2 Å². The molecule has 0 aliphatic carbocycles. The molecule has 0 unspecified atom stereocenters. The average molecular weight is 239 g/mol. The fraction of sp³-hybridized carbons (Fsp3) is 0.231. The van der Waals surface area contributed by atoms with E-state index in [9.17, 15) is 0 Å². The van der Waals surface area contributed by atoms with E-state index in [1.54, 1.807) is 0 Å². The minimum absolute atomic E-state index is 0.376. The first-order valence-electron chi connectivity index (χ1n) is 4.98. The summed E-state index contributed by atoms with van der Waals surface area (Å²) in [6.07, 6.45) is 0. The largest absolute Gasteiger partial charge is 0.0827 e. The Morgan fingerprint density at radius 2 is 1.73 bits per heavy atom. The first-order valence-corrected chi connectivity index (χ1v) is 5.73. The summed E-state index contributed by atoms with van der Waals surface area (Å²) in [5, 5.41) is 3.67. The molecule has 2 aromatic carbocycles. The van der Waals surface area contributed by atoms with Crippen LogP contribution < -0.4 is 0 Å². The van der Waals surface area contributed by atoms with E-state index in [1.807, 2.05) is 18.2 Å². The quantitative estimate of drug-likeness (QED) is 0.635. The van der Waals surface area contributed by atoms with Crippen LogP contribution >= 0.6 is 23.2 Å². The Morgan fingerprint density at radius 1 is 1.07 bits per heavy atom. The second kappa shape index (κ2) is 4.03. The maximum absolute atomic E-state index is 6.24. The maximum Gasteiger partial charge on any atom is 0.0633 e. The third-order valence-corrected chi connectivity index (χ3v) is 3.36. The van der Waals surface area contributed by atoms with Crippen LogP contribution in [0.15, 0.2) is 30.3 Å². The Bertz CT molecular complexity index is 501. The maximum atomic E-state index is 6.24. The van der Waals surface area contributed by atoms with Crippen molar-refractivity contribution in [2.45, 2.75) is 19.8 Å². The number of halogens is 2. The van der Waals surface area contributed by atoms with Crippen LogP contribution in [0.25, 0.3) is 10.8 Å². The monoisotopic (exact) mass is 238 g/mol. The van der Waals surface area contributed by atoms with Crippen molar-refractivity contribution in [3.8, 4) is 0 Å². The van der Waals surface area contributed by atoms with Gasteiger partial charge in [-0.1, -0.05) is 61.3 Å². The summed E-state index contributed by atoms with van der Waals surface area (Å²) in [4.78, 5) is 0. The second-order valence-electron chi connectivity index (χ2n) is 3.96. The van der Waals surface area contributed by atoms with E-state index in [2.05, 4.69) is 26.0 Å². The van der Waals surface area contributed by atoms with Gasteiger partial charge in [-0.05, 0) is 28.3 Å². The summed E-state index contributed by atoms with van der Waals surface area (Å²) < 4.78 is 0. The first kappa shape index (κ1) is 10.8. The Labute approximate surface area is 99.8 Å². The highest BCUT2D eigenvalue weighted by atomic mass is 35.5. The van der Waals surface area contributed by atoms with Gasteiger partial charge in [0.05, 0.1) is 10.0 Å². The summed E-state index contributed by atoms with van der Waals surface area (Å²) in [5.41, 5.74) is 1.14. The van der Waals surface area contributed by atoms with Crippen LogP contribution in [0, 0.1) is 0 Å². The highest BCUT2D eigenvalue weighted by Crippen LogP contribution is 2.37. The zero-order chi connectivity index (χ0) is 11.0. The smallest absolute Gasteiger partial charge is 0.0633 e. The van der Waals surface area contributed by atoms with Crippen LogP contribution in [0.2, 0.25) is 10.0 Å². The molecule has 0 nitrogen and oxygen atoms in total. The van der Waals surface area contributed by atoms with Crippen LogP contribution in [0.5, 0.6) is 0 Å². The minimum atomic E-state index is 0.376. The number of fused-ring (bicyclic) bond motifs is 1. The Hall–Kier alpha value is -0.720. The highest BCUT2D eigenvalue weighted by molar-refractivity contribution is 6.43. The Morgan fingerprint density at radius 3 is 2.40 bits per heavy atom. The van der Waals surface area contributed by atoms with E-state index < -0.39 is 0 Å². The fourth-order valence-electron chi connectivity index (χ4n) is 1.88. The van der Waals surface area contributed by atoms with Gasteiger partial charge in [0.25, 0.3) is 0 Å². The minimum Gasteiger partial charge on any atom is -0.0827 e. The summed E-state index contributed by atoms with van der Waals surface area (Å²) >= 11 is 12.3. The molecule has 0 atom stereocenters. The van der Waals surface area contributed by atoms with Crippen molar-refractivity contribution >= 4 is 34.0 Å². The third kappa shape index (κ3) is 1.84. The molecule has 0 saturated heterocycles. The molecule has 0 heterocycles. The van der Waals surface area contributed by atoms with Gasteiger partial charge < -0.3 is 0 Å². The van der Waals surface area contributed by atoms with Crippen LogP contribution in [0.3, 0.4) is 0 Å². The normalized spacial score (nSPS) is 11.3. The molecule has 15 heavy (non-hydrogen) atoms. The number of hydrogen-bond donors (Lipinski definition) is 0. The molecule has 2 aromatic rings. The van der Waals surface area contributed by atoms with Crippen molar-refractivity contribution in [3.63, 3.8) is 0 Å². The lowest BCUT2D eigenvalue weighted by molar-refractivity contribution is 0.877. The molecule has 0 amide bonds. The summed E-state index contributed by atoms with van der Waals surface area (Å²) in [7, 11) is 0. The molecular weight excluding hydrogens is 227 g/mol. The Balaban J connectivity index is 2.89. The average Bonchev–Trinajstić information content (AvgIpc) is 2.19. The molecule has 2 rings (SSSR count). The molecule has 78 valence electrons. The molecule has 0 radical (unpaired) electrons. The highest BCUT2D eigenvalue weighted by Gasteiger charge is 2.12. The lowest BCUT2D eigenvalue weighted by Gasteiger charge is -2.13. The van der Waals surface area contributed by atoms with Gasteiger partial charge in [0.2, 0.25) is 0 Å². The van der Waals surface area contributed by atoms with Gasteiger partial charge in [0.15, 0.2) is 0 Å². The molecular formula is C13H12Cl2. The zero-order valence-corrected chi connectivity index (χ0v) is 10.2. The van der Waals surface area contributed by atoms with Gasteiger partial charge in [0.1, 0.15) is 0 Å². The van der Waals surface area contributed by atoms with Crippen LogP contribution in [0.4, 0.5) is 0 Å². The summed E-state index contributed by atoms with van der Waals surface area (Å²) in [6.45, 7) is 4.26. The number of hydrogen-bond acceptors (Lipinski definition) is 0. The van der Waals surface area contributed by atoms with Gasteiger partial charge in [0, 0.05) is 0 Å². The zero-order valence-electron chi connectivity index (χ0n) is 8.72. The molecule has 0 saturated carbocycles. The molecule has 0 bridgehead atoms. The van der Waals surface area contributed by atoms with Crippen molar-refractivity contribution in [2.24, 2.45) is 0 Å². The van der Waals surface area contributed by atoms with Crippen molar-refractivity contribution < 1.29 is 0 Å². The van der Waals surface area contributed by atoms with Crippen LogP contribution in [0.1, 0.15) is 25.3 Å². The topological polar surface area (TPSA) is 0 Å². The molecule has 0 aliphatic rings. The van der Waals surface area contributed by atoms with E-state index in [0.717, 1.165) is 10.9 Å². The third-order valence-electron chi connectivity index (χ3n) is 2.56. The van der Waals surface area contributed by atoms with Gasteiger partial charge >= 0.3 is 0 Å². The summed E-state index contributed by atoms with van der Waals surface area (Å²) in [5.74, 6) is 0.376. The van der Waals surface area contributed by atoms with Crippen LogP contribution in [-0.2, 0) is 0 Å². The Kier molecular flexibility index (Phi) is 2.90. The molecule has 0 spiro atoms. The predicted octanol–water partition coefficient (Wildman–Crippen LogP) is 5.27.